The van der Waals surface area contributed by atoms with Gasteiger partial charge in [-0.25, -0.2) is 4.79 Å². The summed E-state index contributed by atoms with van der Waals surface area (Å²) in [7, 11) is 0. The zero-order chi connectivity index (χ0) is 24.1. The summed E-state index contributed by atoms with van der Waals surface area (Å²) in [6, 6.07) is 23.8. The normalized spacial score (nSPS) is 13.8. The summed E-state index contributed by atoms with van der Waals surface area (Å²) in [4.78, 5) is 37.0. The summed E-state index contributed by atoms with van der Waals surface area (Å²) in [5.41, 5.74) is 5.39. The van der Waals surface area contributed by atoms with E-state index in [0.717, 1.165) is 27.8 Å². The monoisotopic (exact) mass is 474 g/mol. The third kappa shape index (κ3) is 5.31. The minimum absolute atomic E-state index is 0.0701. The van der Waals surface area contributed by atoms with Crippen LogP contribution in [0.15, 0.2) is 78.9 Å². The molecule has 0 saturated carbocycles. The number of benzene rings is 3. The fourth-order valence-electron chi connectivity index (χ4n) is 4.23. The largest absolute Gasteiger partial charge is 0.449 e. The number of fused-ring (bicyclic) bond motifs is 3. The summed E-state index contributed by atoms with van der Waals surface area (Å²) in [5.74, 6) is -0.559. The van der Waals surface area contributed by atoms with E-state index in [1.165, 1.54) is 0 Å². The van der Waals surface area contributed by atoms with Crippen molar-refractivity contribution in [2.45, 2.75) is 31.3 Å². The molecule has 0 unspecified atom stereocenters. The second-order valence-electron chi connectivity index (χ2n) is 8.28. The Labute approximate surface area is 204 Å². The van der Waals surface area contributed by atoms with Crippen molar-refractivity contribution >= 4 is 29.7 Å². The van der Waals surface area contributed by atoms with E-state index in [0.29, 0.717) is 6.42 Å². The lowest BCUT2D eigenvalue weighted by Gasteiger charge is -2.20. The van der Waals surface area contributed by atoms with Gasteiger partial charge in [0.05, 0.1) is 0 Å². The van der Waals surface area contributed by atoms with Gasteiger partial charge in [0.25, 0.3) is 0 Å². The van der Waals surface area contributed by atoms with Crippen molar-refractivity contribution in [1.82, 2.24) is 10.6 Å². The first-order valence-electron chi connectivity index (χ1n) is 11.1. The smallest absolute Gasteiger partial charge is 0.407 e. The molecule has 7 heteroatoms. The zero-order valence-electron chi connectivity index (χ0n) is 18.7. The Morgan fingerprint density at radius 1 is 0.853 bits per heavy atom. The molecular weight excluding hydrogens is 448 g/mol. The lowest BCUT2D eigenvalue weighted by molar-refractivity contribution is -0.125. The van der Waals surface area contributed by atoms with E-state index < -0.39 is 29.2 Å². The summed E-state index contributed by atoms with van der Waals surface area (Å²) in [6.07, 6.45) is -0.381. The average molecular weight is 475 g/mol. The molecule has 2 N–H and O–H groups in total. The summed E-state index contributed by atoms with van der Waals surface area (Å²) >= 11 is 3.90. The van der Waals surface area contributed by atoms with Crippen molar-refractivity contribution in [3.05, 3.63) is 95.6 Å². The molecule has 2 amide bonds. The Morgan fingerprint density at radius 3 is 2.00 bits per heavy atom. The quantitative estimate of drug-likeness (QED) is 0.429. The Balaban J connectivity index is 1.33. The van der Waals surface area contributed by atoms with Crippen molar-refractivity contribution in [1.29, 1.82) is 0 Å². The molecular formula is C27H26N2O4S. The minimum Gasteiger partial charge on any atom is -0.449 e. The molecule has 3 aromatic carbocycles. The molecule has 1 aliphatic rings. The highest BCUT2D eigenvalue weighted by Gasteiger charge is 2.29. The Kier molecular flexibility index (Phi) is 7.33. The molecule has 0 radical (unpaired) electrons. The van der Waals surface area contributed by atoms with Crippen LogP contribution in [0, 0.1) is 0 Å². The molecule has 1 aliphatic carbocycles. The number of nitrogens with one attached hydrogen (secondary N) is 2. The highest BCUT2D eigenvalue weighted by atomic mass is 32.1. The maximum Gasteiger partial charge on any atom is 0.407 e. The van der Waals surface area contributed by atoms with Crippen LogP contribution in [-0.2, 0) is 20.7 Å². The molecule has 6 nitrogen and oxygen atoms in total. The van der Waals surface area contributed by atoms with Gasteiger partial charge in [-0.3, -0.25) is 9.59 Å². The highest BCUT2D eigenvalue weighted by molar-refractivity contribution is 7.96. The zero-order valence-corrected chi connectivity index (χ0v) is 19.6. The molecule has 174 valence electrons. The number of hydrogen-bond donors (Lipinski definition) is 3. The van der Waals surface area contributed by atoms with E-state index in [1.54, 1.807) is 6.92 Å². The van der Waals surface area contributed by atoms with Crippen LogP contribution in [0.1, 0.15) is 29.5 Å². The molecule has 3 aromatic rings. The van der Waals surface area contributed by atoms with Gasteiger partial charge in [-0.15, -0.1) is 12.6 Å². The van der Waals surface area contributed by atoms with Gasteiger partial charge in [0.1, 0.15) is 18.7 Å². The first-order valence-corrected chi connectivity index (χ1v) is 11.6. The maximum absolute atomic E-state index is 12.6. The van der Waals surface area contributed by atoms with Crippen molar-refractivity contribution in [3.63, 3.8) is 0 Å². The second-order valence-corrected chi connectivity index (χ2v) is 8.72. The van der Waals surface area contributed by atoms with Crippen molar-refractivity contribution in [3.8, 4) is 11.1 Å². The van der Waals surface area contributed by atoms with Gasteiger partial charge in [-0.05, 0) is 34.7 Å². The number of ether oxygens (including phenoxy) is 1. The van der Waals surface area contributed by atoms with Crippen LogP contribution in [0.5, 0.6) is 0 Å². The lowest BCUT2D eigenvalue weighted by Crippen LogP contribution is -2.50. The molecule has 0 bridgehead atoms. The van der Waals surface area contributed by atoms with Gasteiger partial charge in [-0.2, -0.15) is 0 Å². The number of carbonyl (C=O) groups excluding carboxylic acids is 3. The van der Waals surface area contributed by atoms with Gasteiger partial charge in [0.15, 0.2) is 0 Å². The molecule has 2 atom stereocenters. The fraction of sp³-hybridized carbons (Fsp3) is 0.222. The van der Waals surface area contributed by atoms with E-state index in [-0.39, 0.29) is 12.5 Å². The van der Waals surface area contributed by atoms with E-state index in [1.807, 2.05) is 66.7 Å². The third-order valence-electron chi connectivity index (χ3n) is 5.97. The van der Waals surface area contributed by atoms with Crippen LogP contribution in [0.2, 0.25) is 0 Å². The minimum atomic E-state index is -0.887. The van der Waals surface area contributed by atoms with Crippen LogP contribution < -0.4 is 10.6 Å². The van der Waals surface area contributed by atoms with Crippen LogP contribution in [0.25, 0.3) is 11.1 Å². The Hall–Kier alpha value is -3.58. The number of rotatable bonds is 8. The number of thiol groups is 1. The summed E-state index contributed by atoms with van der Waals surface area (Å²) < 4.78 is 5.50. The van der Waals surface area contributed by atoms with Crippen molar-refractivity contribution in [2.24, 2.45) is 0 Å². The summed E-state index contributed by atoms with van der Waals surface area (Å²) in [6.45, 7) is 1.69. The number of amides is 2. The predicted octanol–water partition coefficient (Wildman–Crippen LogP) is 4.10. The van der Waals surface area contributed by atoms with Gasteiger partial charge in [-0.1, -0.05) is 78.9 Å². The van der Waals surface area contributed by atoms with E-state index in [2.05, 4.69) is 35.4 Å². The molecule has 34 heavy (non-hydrogen) atoms. The lowest BCUT2D eigenvalue weighted by atomic mass is 9.98. The molecule has 0 heterocycles. The molecule has 0 spiro atoms. The van der Waals surface area contributed by atoms with E-state index in [4.69, 9.17) is 4.74 Å². The predicted molar refractivity (Wildman–Crippen MR) is 134 cm³/mol. The van der Waals surface area contributed by atoms with Gasteiger partial charge < -0.3 is 15.4 Å². The van der Waals surface area contributed by atoms with Crippen molar-refractivity contribution < 1.29 is 19.1 Å². The fourth-order valence-corrected chi connectivity index (χ4v) is 4.38. The standard InChI is InChI=1S/C27H26N2O4S/c1-17(25(30)29-24(26(31)34)15-18-9-3-2-4-10-18)28-27(32)33-16-23-21-13-7-5-11-19(21)20-12-6-8-14-22(20)23/h2-14,17,23-24H,15-16H2,1H3,(H,28,32)(H,29,30)(H,31,34)/t17-,24-/m0/s1. The van der Waals surface area contributed by atoms with Gasteiger partial charge >= 0.3 is 6.09 Å². The van der Waals surface area contributed by atoms with Gasteiger partial charge in [0, 0.05) is 12.3 Å². The third-order valence-corrected chi connectivity index (χ3v) is 6.28. The van der Waals surface area contributed by atoms with E-state index >= 15 is 0 Å². The molecule has 0 saturated heterocycles. The second kappa shape index (κ2) is 10.6. The SMILES string of the molecule is C[C@H](NC(=O)OCC1c2ccccc2-c2ccccc21)C(=O)N[C@@H](Cc1ccccc1)C(=O)S. The van der Waals surface area contributed by atoms with Crippen LogP contribution in [-0.4, -0.2) is 35.8 Å². The van der Waals surface area contributed by atoms with Crippen molar-refractivity contribution in [2.75, 3.05) is 6.61 Å². The molecule has 0 fully saturated rings. The van der Waals surface area contributed by atoms with Crippen LogP contribution >= 0.6 is 12.6 Å². The van der Waals surface area contributed by atoms with Gasteiger partial charge in [0.2, 0.25) is 11.0 Å². The Morgan fingerprint density at radius 2 is 1.41 bits per heavy atom. The molecule has 0 aromatic heterocycles. The number of hydrogen-bond acceptors (Lipinski definition) is 4. The highest BCUT2D eigenvalue weighted by Crippen LogP contribution is 2.44. The molecule has 4 rings (SSSR count). The molecule has 0 aliphatic heterocycles. The average Bonchev–Trinajstić information content (AvgIpc) is 3.16. The first-order chi connectivity index (χ1) is 16.4. The van der Waals surface area contributed by atoms with E-state index in [9.17, 15) is 14.4 Å². The van der Waals surface area contributed by atoms with Crippen LogP contribution in [0.4, 0.5) is 4.79 Å². The topological polar surface area (TPSA) is 84.5 Å². The number of alkyl carbamates (subject to hydrolysis) is 1. The maximum atomic E-state index is 12.6. The first kappa shape index (κ1) is 23.6. The number of carbonyl (C=O) groups is 3. The van der Waals surface area contributed by atoms with Crippen LogP contribution in [0.3, 0.4) is 0 Å². The Bertz CT molecular complexity index is 1150. The summed E-state index contributed by atoms with van der Waals surface area (Å²) in [5, 5.41) is 4.76.